The quantitative estimate of drug-likeness (QED) is 0.646. The number of esters is 1. The molecule has 1 N–H and O–H groups in total. The van der Waals surface area contributed by atoms with E-state index in [1.807, 2.05) is 12.1 Å². The van der Waals surface area contributed by atoms with Gasteiger partial charge in [-0.25, -0.2) is 9.78 Å². The highest BCUT2D eigenvalue weighted by Gasteiger charge is 2.14. The summed E-state index contributed by atoms with van der Waals surface area (Å²) in [5.74, 6) is -0.453. The monoisotopic (exact) mass is 393 g/mol. The highest BCUT2D eigenvalue weighted by Crippen LogP contribution is 2.26. The summed E-state index contributed by atoms with van der Waals surface area (Å²) in [6.45, 7) is -0.256. The van der Waals surface area contributed by atoms with Crippen LogP contribution in [0.3, 0.4) is 0 Å². The summed E-state index contributed by atoms with van der Waals surface area (Å²) in [5.41, 5.74) is 1.25. The predicted octanol–water partition coefficient (Wildman–Crippen LogP) is 2.34. The van der Waals surface area contributed by atoms with Gasteiger partial charge in [-0.3, -0.25) is 14.2 Å². The Balaban J connectivity index is 1.79. The molecule has 8 heteroatoms. The molecule has 1 amide bonds. The van der Waals surface area contributed by atoms with Crippen molar-refractivity contribution in [2.24, 2.45) is 0 Å². The second-order valence-electron chi connectivity index (χ2n) is 6.03. The number of amides is 1. The SMILES string of the molecule is COC(=O)c1ccccc1NC(=O)Cn1cnc(-c2ccccc2OC)cc1=O. The van der Waals surface area contributed by atoms with Gasteiger partial charge in [-0.15, -0.1) is 0 Å². The lowest BCUT2D eigenvalue weighted by molar-refractivity contribution is -0.116. The molecule has 0 fully saturated rings. The van der Waals surface area contributed by atoms with Crippen molar-refractivity contribution in [1.29, 1.82) is 0 Å². The number of carbonyl (C=O) groups is 2. The lowest BCUT2D eigenvalue weighted by atomic mass is 10.1. The Bertz CT molecular complexity index is 1110. The van der Waals surface area contributed by atoms with Gasteiger partial charge in [-0.1, -0.05) is 24.3 Å². The number of rotatable bonds is 6. The first-order valence-electron chi connectivity index (χ1n) is 8.70. The van der Waals surface area contributed by atoms with Crippen LogP contribution in [-0.4, -0.2) is 35.6 Å². The third-order valence-electron chi connectivity index (χ3n) is 4.18. The maximum absolute atomic E-state index is 12.5. The number of aromatic nitrogens is 2. The van der Waals surface area contributed by atoms with Crippen LogP contribution in [-0.2, 0) is 16.1 Å². The molecule has 148 valence electrons. The topological polar surface area (TPSA) is 99.5 Å². The average Bonchev–Trinajstić information content (AvgIpc) is 2.75. The van der Waals surface area contributed by atoms with Crippen molar-refractivity contribution < 1.29 is 19.1 Å². The van der Waals surface area contributed by atoms with Crippen molar-refractivity contribution in [1.82, 2.24) is 9.55 Å². The van der Waals surface area contributed by atoms with E-state index in [1.54, 1.807) is 30.3 Å². The van der Waals surface area contributed by atoms with E-state index in [9.17, 15) is 14.4 Å². The summed E-state index contributed by atoms with van der Waals surface area (Å²) in [7, 11) is 2.80. The second-order valence-corrected chi connectivity index (χ2v) is 6.03. The van der Waals surface area contributed by atoms with E-state index in [2.05, 4.69) is 10.3 Å². The van der Waals surface area contributed by atoms with Gasteiger partial charge in [0.25, 0.3) is 5.56 Å². The van der Waals surface area contributed by atoms with E-state index >= 15 is 0 Å². The van der Waals surface area contributed by atoms with Gasteiger partial charge in [0.15, 0.2) is 0 Å². The van der Waals surface area contributed by atoms with Crippen LogP contribution in [0.25, 0.3) is 11.3 Å². The number of nitrogens with one attached hydrogen (secondary N) is 1. The van der Waals surface area contributed by atoms with Crippen LogP contribution in [0.4, 0.5) is 5.69 Å². The Labute approximate surface area is 166 Å². The first-order valence-corrected chi connectivity index (χ1v) is 8.70. The smallest absolute Gasteiger partial charge is 0.339 e. The predicted molar refractivity (Wildman–Crippen MR) is 107 cm³/mol. The molecule has 0 aliphatic rings. The first kappa shape index (κ1) is 19.8. The zero-order valence-corrected chi connectivity index (χ0v) is 15.9. The molecule has 0 saturated carbocycles. The Hall–Kier alpha value is -3.94. The zero-order chi connectivity index (χ0) is 20.8. The van der Waals surface area contributed by atoms with Crippen LogP contribution >= 0.6 is 0 Å². The fourth-order valence-corrected chi connectivity index (χ4v) is 2.77. The molecule has 3 aromatic rings. The summed E-state index contributed by atoms with van der Waals surface area (Å²) in [6, 6.07) is 15.0. The van der Waals surface area contributed by atoms with Crippen molar-refractivity contribution in [2.75, 3.05) is 19.5 Å². The fourth-order valence-electron chi connectivity index (χ4n) is 2.77. The van der Waals surface area contributed by atoms with Crippen LogP contribution in [0, 0.1) is 0 Å². The standard InChI is InChI=1S/C21H19N3O5/c1-28-18-10-6-4-7-14(18)17-11-20(26)24(13-22-17)12-19(25)23-16-9-5-3-8-15(16)21(27)29-2/h3-11,13H,12H2,1-2H3,(H,23,25). The van der Waals surface area contributed by atoms with Gasteiger partial charge in [-0.2, -0.15) is 0 Å². The second kappa shape index (κ2) is 8.83. The summed E-state index contributed by atoms with van der Waals surface area (Å²) < 4.78 is 11.2. The Kier molecular flexibility index (Phi) is 6.03. The number of hydrogen-bond donors (Lipinski definition) is 1. The van der Waals surface area contributed by atoms with E-state index in [1.165, 1.54) is 37.2 Å². The van der Waals surface area contributed by atoms with E-state index in [0.29, 0.717) is 22.7 Å². The summed E-state index contributed by atoms with van der Waals surface area (Å²) in [6.07, 6.45) is 1.30. The maximum atomic E-state index is 12.5. The molecule has 8 nitrogen and oxygen atoms in total. The van der Waals surface area contributed by atoms with E-state index in [0.717, 1.165) is 0 Å². The van der Waals surface area contributed by atoms with E-state index in [4.69, 9.17) is 9.47 Å². The largest absolute Gasteiger partial charge is 0.496 e. The molecule has 3 rings (SSSR count). The molecule has 0 atom stereocenters. The number of hydrogen-bond acceptors (Lipinski definition) is 6. The van der Waals surface area contributed by atoms with E-state index < -0.39 is 17.4 Å². The number of anilines is 1. The molecule has 0 spiro atoms. The first-order chi connectivity index (χ1) is 14.0. The van der Waals surface area contributed by atoms with Crippen LogP contribution in [0.5, 0.6) is 5.75 Å². The number of ether oxygens (including phenoxy) is 2. The highest BCUT2D eigenvalue weighted by atomic mass is 16.5. The molecule has 0 unspecified atom stereocenters. The van der Waals surface area contributed by atoms with Crippen LogP contribution < -0.4 is 15.6 Å². The number of para-hydroxylation sites is 2. The normalized spacial score (nSPS) is 10.3. The molecule has 2 aromatic carbocycles. The third-order valence-corrected chi connectivity index (χ3v) is 4.18. The molecule has 29 heavy (non-hydrogen) atoms. The van der Waals surface area contributed by atoms with Crippen molar-refractivity contribution in [2.45, 2.75) is 6.54 Å². The maximum Gasteiger partial charge on any atom is 0.339 e. The summed E-state index contributed by atoms with van der Waals surface area (Å²) in [5, 5.41) is 2.62. The number of carbonyl (C=O) groups excluding carboxylic acids is 2. The van der Waals surface area contributed by atoms with Crippen molar-refractivity contribution in [3.63, 3.8) is 0 Å². The molecular weight excluding hydrogens is 374 g/mol. The van der Waals surface area contributed by atoms with Crippen molar-refractivity contribution >= 4 is 17.6 Å². The Morgan fingerprint density at radius 3 is 2.52 bits per heavy atom. The lowest BCUT2D eigenvalue weighted by Gasteiger charge is -2.11. The fraction of sp³-hybridized carbons (Fsp3) is 0.143. The number of nitrogens with zero attached hydrogens (tertiary/aromatic N) is 2. The minimum absolute atomic E-state index is 0.223. The van der Waals surface area contributed by atoms with Gasteiger partial charge in [0.2, 0.25) is 5.91 Å². The average molecular weight is 393 g/mol. The van der Waals surface area contributed by atoms with Crippen molar-refractivity contribution in [3.8, 4) is 17.0 Å². The molecule has 0 saturated heterocycles. The van der Waals surface area contributed by atoms with Crippen LogP contribution in [0.15, 0.2) is 65.7 Å². The van der Waals surface area contributed by atoms with Gasteiger partial charge in [0, 0.05) is 11.6 Å². The summed E-state index contributed by atoms with van der Waals surface area (Å²) >= 11 is 0. The molecule has 1 heterocycles. The molecule has 0 aliphatic carbocycles. The van der Waals surface area contributed by atoms with Crippen LogP contribution in [0.2, 0.25) is 0 Å². The molecule has 0 aliphatic heterocycles. The van der Waals surface area contributed by atoms with Gasteiger partial charge in [0.05, 0.1) is 37.5 Å². The molecule has 0 radical (unpaired) electrons. The van der Waals surface area contributed by atoms with Gasteiger partial charge >= 0.3 is 5.97 Å². The van der Waals surface area contributed by atoms with Crippen LogP contribution in [0.1, 0.15) is 10.4 Å². The van der Waals surface area contributed by atoms with Crippen molar-refractivity contribution in [3.05, 3.63) is 76.8 Å². The minimum atomic E-state index is -0.569. The molecular formula is C21H19N3O5. The zero-order valence-electron chi connectivity index (χ0n) is 15.9. The van der Waals surface area contributed by atoms with Gasteiger partial charge in [-0.05, 0) is 24.3 Å². The highest BCUT2D eigenvalue weighted by molar-refractivity contribution is 6.01. The number of methoxy groups -OCH3 is 2. The molecule has 0 bridgehead atoms. The minimum Gasteiger partial charge on any atom is -0.496 e. The third kappa shape index (κ3) is 4.49. The summed E-state index contributed by atoms with van der Waals surface area (Å²) in [4.78, 5) is 40.9. The van der Waals surface area contributed by atoms with E-state index in [-0.39, 0.29) is 12.1 Å². The molecule has 1 aromatic heterocycles. The number of benzene rings is 2. The van der Waals surface area contributed by atoms with Gasteiger partial charge < -0.3 is 14.8 Å². The Morgan fingerprint density at radius 1 is 1.07 bits per heavy atom. The lowest BCUT2D eigenvalue weighted by Crippen LogP contribution is -2.28. The van der Waals surface area contributed by atoms with Gasteiger partial charge in [0.1, 0.15) is 12.3 Å². The Morgan fingerprint density at radius 2 is 1.79 bits per heavy atom.